The SMILES string of the molecule is COC(=O)c1c(F)ccc2c1NCCO2. The Labute approximate surface area is 86.0 Å². The quantitative estimate of drug-likeness (QED) is 0.713. The molecule has 0 fully saturated rings. The molecule has 0 aliphatic carbocycles. The summed E-state index contributed by atoms with van der Waals surface area (Å²) < 4.78 is 23.2. The summed E-state index contributed by atoms with van der Waals surface area (Å²) in [5.41, 5.74) is 0.266. The highest BCUT2D eigenvalue weighted by atomic mass is 19.1. The molecule has 0 saturated carbocycles. The highest BCUT2D eigenvalue weighted by Gasteiger charge is 2.23. The van der Waals surface area contributed by atoms with Gasteiger partial charge in [0.05, 0.1) is 12.8 Å². The van der Waals surface area contributed by atoms with E-state index in [0.717, 1.165) is 0 Å². The molecule has 1 aliphatic heterocycles. The number of hydrogen-bond acceptors (Lipinski definition) is 4. The summed E-state index contributed by atoms with van der Waals surface area (Å²) in [5, 5.41) is 2.92. The molecule has 0 unspecified atom stereocenters. The van der Waals surface area contributed by atoms with Crippen LogP contribution in [0.3, 0.4) is 0 Å². The number of nitrogens with one attached hydrogen (secondary N) is 1. The van der Waals surface area contributed by atoms with Gasteiger partial charge in [0.2, 0.25) is 0 Å². The molecule has 1 aliphatic rings. The van der Waals surface area contributed by atoms with Gasteiger partial charge in [0.15, 0.2) is 0 Å². The third-order valence-corrected chi connectivity index (χ3v) is 2.17. The van der Waals surface area contributed by atoms with E-state index in [1.54, 1.807) is 0 Å². The van der Waals surface area contributed by atoms with E-state index in [4.69, 9.17) is 4.74 Å². The van der Waals surface area contributed by atoms with E-state index < -0.39 is 11.8 Å². The van der Waals surface area contributed by atoms with Crippen LogP contribution in [0.1, 0.15) is 10.4 Å². The number of rotatable bonds is 1. The summed E-state index contributed by atoms with van der Waals surface area (Å²) in [4.78, 5) is 11.3. The number of hydrogen-bond donors (Lipinski definition) is 1. The minimum atomic E-state index is -0.706. The number of benzene rings is 1. The Morgan fingerprint density at radius 1 is 1.60 bits per heavy atom. The molecule has 1 aromatic rings. The molecule has 1 N–H and O–H groups in total. The van der Waals surface area contributed by atoms with Gasteiger partial charge >= 0.3 is 5.97 Å². The molecule has 0 amide bonds. The topological polar surface area (TPSA) is 47.6 Å². The van der Waals surface area contributed by atoms with Crippen LogP contribution < -0.4 is 10.1 Å². The third-order valence-electron chi connectivity index (χ3n) is 2.17. The number of fused-ring (bicyclic) bond motifs is 1. The van der Waals surface area contributed by atoms with Crippen LogP contribution in [0.5, 0.6) is 5.75 Å². The van der Waals surface area contributed by atoms with Gasteiger partial charge in [-0.2, -0.15) is 0 Å². The van der Waals surface area contributed by atoms with Crippen molar-refractivity contribution in [2.75, 3.05) is 25.6 Å². The molecule has 0 saturated heterocycles. The van der Waals surface area contributed by atoms with Crippen molar-refractivity contribution in [3.63, 3.8) is 0 Å². The average molecular weight is 211 g/mol. The normalized spacial score (nSPS) is 13.5. The summed E-state index contributed by atoms with van der Waals surface area (Å²) in [6.45, 7) is 1.04. The summed E-state index contributed by atoms with van der Waals surface area (Å²) >= 11 is 0. The van der Waals surface area contributed by atoms with Crippen molar-refractivity contribution in [2.45, 2.75) is 0 Å². The number of anilines is 1. The van der Waals surface area contributed by atoms with Crippen molar-refractivity contribution in [1.29, 1.82) is 0 Å². The lowest BCUT2D eigenvalue weighted by Crippen LogP contribution is -2.21. The Hall–Kier alpha value is -1.78. The Bertz CT molecular complexity index is 406. The zero-order chi connectivity index (χ0) is 10.8. The van der Waals surface area contributed by atoms with E-state index in [-0.39, 0.29) is 5.56 Å². The lowest BCUT2D eigenvalue weighted by atomic mass is 10.1. The number of carbonyl (C=O) groups excluding carboxylic acids is 1. The average Bonchev–Trinajstić information content (AvgIpc) is 2.28. The highest BCUT2D eigenvalue weighted by Crippen LogP contribution is 2.32. The number of esters is 1. The van der Waals surface area contributed by atoms with Crippen LogP contribution >= 0.6 is 0 Å². The molecule has 80 valence electrons. The van der Waals surface area contributed by atoms with Gasteiger partial charge in [-0.25, -0.2) is 9.18 Å². The van der Waals surface area contributed by atoms with Crippen molar-refractivity contribution in [3.8, 4) is 5.75 Å². The molecule has 15 heavy (non-hydrogen) atoms. The molecule has 1 heterocycles. The molecule has 2 rings (SSSR count). The van der Waals surface area contributed by atoms with Crippen LogP contribution in [0, 0.1) is 5.82 Å². The number of methoxy groups -OCH3 is 1. The minimum absolute atomic E-state index is 0.102. The second kappa shape index (κ2) is 3.76. The van der Waals surface area contributed by atoms with Gasteiger partial charge in [-0.05, 0) is 12.1 Å². The molecule has 0 aromatic heterocycles. The van der Waals surface area contributed by atoms with Crippen molar-refractivity contribution in [1.82, 2.24) is 0 Å². The molecule has 1 aromatic carbocycles. The van der Waals surface area contributed by atoms with Crippen molar-refractivity contribution in [3.05, 3.63) is 23.5 Å². The Morgan fingerprint density at radius 2 is 2.40 bits per heavy atom. The maximum absolute atomic E-state index is 13.4. The zero-order valence-electron chi connectivity index (χ0n) is 8.17. The number of halogens is 1. The fourth-order valence-corrected chi connectivity index (χ4v) is 1.49. The van der Waals surface area contributed by atoms with E-state index in [9.17, 15) is 9.18 Å². The van der Waals surface area contributed by atoms with Crippen LogP contribution in [0.2, 0.25) is 0 Å². The van der Waals surface area contributed by atoms with Gasteiger partial charge in [0.25, 0.3) is 0 Å². The first-order valence-electron chi connectivity index (χ1n) is 4.51. The smallest absolute Gasteiger partial charge is 0.343 e. The first-order valence-corrected chi connectivity index (χ1v) is 4.51. The van der Waals surface area contributed by atoms with Crippen LogP contribution in [0.15, 0.2) is 12.1 Å². The summed E-state index contributed by atoms with van der Waals surface area (Å²) in [7, 11) is 1.21. The van der Waals surface area contributed by atoms with Crippen molar-refractivity contribution >= 4 is 11.7 Å². The first kappa shape index (κ1) is 9.76. The first-order chi connectivity index (χ1) is 7.24. The Kier molecular flexibility index (Phi) is 2.45. The standard InChI is InChI=1S/C10H10FNO3/c1-14-10(13)8-6(11)2-3-7-9(8)12-4-5-15-7/h2-3,12H,4-5H2,1H3. The van der Waals surface area contributed by atoms with Gasteiger partial charge in [-0.1, -0.05) is 0 Å². The molecule has 0 spiro atoms. The Morgan fingerprint density at radius 3 is 3.13 bits per heavy atom. The molecule has 0 radical (unpaired) electrons. The minimum Gasteiger partial charge on any atom is -0.490 e. The Balaban J connectivity index is 2.55. The van der Waals surface area contributed by atoms with E-state index in [1.807, 2.05) is 0 Å². The fraction of sp³-hybridized carbons (Fsp3) is 0.300. The van der Waals surface area contributed by atoms with E-state index in [0.29, 0.717) is 24.6 Å². The lowest BCUT2D eigenvalue weighted by molar-refractivity contribution is 0.0596. The van der Waals surface area contributed by atoms with Crippen LogP contribution in [0.25, 0.3) is 0 Å². The molecule has 5 heteroatoms. The predicted octanol–water partition coefficient (Wildman–Crippen LogP) is 1.42. The molecular weight excluding hydrogens is 201 g/mol. The molecular formula is C10H10FNO3. The second-order valence-corrected chi connectivity index (χ2v) is 3.06. The van der Waals surface area contributed by atoms with Crippen LogP contribution in [0.4, 0.5) is 10.1 Å². The molecule has 0 atom stereocenters. The zero-order valence-corrected chi connectivity index (χ0v) is 8.17. The van der Waals surface area contributed by atoms with E-state index >= 15 is 0 Å². The van der Waals surface area contributed by atoms with Gasteiger partial charge < -0.3 is 14.8 Å². The molecule has 4 nitrogen and oxygen atoms in total. The summed E-state index contributed by atoms with van der Waals surface area (Å²) in [6, 6.07) is 2.68. The third kappa shape index (κ3) is 1.60. The van der Waals surface area contributed by atoms with E-state index in [1.165, 1.54) is 19.2 Å². The van der Waals surface area contributed by atoms with Crippen molar-refractivity contribution in [2.24, 2.45) is 0 Å². The van der Waals surface area contributed by atoms with Crippen LogP contribution in [-0.4, -0.2) is 26.2 Å². The summed E-state index contributed by atoms with van der Waals surface area (Å²) in [6.07, 6.45) is 0. The lowest BCUT2D eigenvalue weighted by Gasteiger charge is -2.21. The summed E-state index contributed by atoms with van der Waals surface area (Å²) in [5.74, 6) is -0.844. The van der Waals surface area contributed by atoms with E-state index in [2.05, 4.69) is 10.1 Å². The molecule has 0 bridgehead atoms. The highest BCUT2D eigenvalue weighted by molar-refractivity contribution is 5.97. The van der Waals surface area contributed by atoms with Crippen LogP contribution in [-0.2, 0) is 4.74 Å². The number of ether oxygens (including phenoxy) is 2. The maximum Gasteiger partial charge on any atom is 0.343 e. The monoisotopic (exact) mass is 211 g/mol. The van der Waals surface area contributed by atoms with Gasteiger partial charge in [0.1, 0.15) is 23.7 Å². The maximum atomic E-state index is 13.4. The van der Waals surface area contributed by atoms with Gasteiger partial charge in [-0.3, -0.25) is 0 Å². The second-order valence-electron chi connectivity index (χ2n) is 3.06. The predicted molar refractivity (Wildman–Crippen MR) is 51.7 cm³/mol. The fourth-order valence-electron chi connectivity index (χ4n) is 1.49. The largest absolute Gasteiger partial charge is 0.490 e. The van der Waals surface area contributed by atoms with Gasteiger partial charge in [0, 0.05) is 6.54 Å². The van der Waals surface area contributed by atoms with Crippen molar-refractivity contribution < 1.29 is 18.7 Å². The van der Waals surface area contributed by atoms with Gasteiger partial charge in [-0.15, -0.1) is 0 Å². The number of carbonyl (C=O) groups is 1.